The van der Waals surface area contributed by atoms with Crippen LogP contribution in [0, 0.1) is 23.3 Å². The maximum Gasteiger partial charge on any atom is 0.251 e. The van der Waals surface area contributed by atoms with Gasteiger partial charge in [-0.25, -0.2) is 17.6 Å². The zero-order chi connectivity index (χ0) is 29.7. The summed E-state index contributed by atoms with van der Waals surface area (Å²) >= 11 is 0. The van der Waals surface area contributed by atoms with E-state index in [2.05, 4.69) is 15.6 Å². The van der Waals surface area contributed by atoms with E-state index in [0.717, 1.165) is 30.3 Å². The second-order valence-electron chi connectivity index (χ2n) is 9.26. The summed E-state index contributed by atoms with van der Waals surface area (Å²) in [5.41, 5.74) is 6.57. The van der Waals surface area contributed by atoms with E-state index in [1.54, 1.807) is 12.1 Å². The molecule has 0 radical (unpaired) electrons. The number of aromatic nitrogens is 1. The van der Waals surface area contributed by atoms with E-state index < -0.39 is 47.0 Å². The van der Waals surface area contributed by atoms with Gasteiger partial charge in [0.2, 0.25) is 11.8 Å². The summed E-state index contributed by atoms with van der Waals surface area (Å²) < 4.78 is 56.2. The predicted molar refractivity (Wildman–Crippen MR) is 144 cm³/mol. The highest BCUT2D eigenvalue weighted by molar-refractivity contribution is 5.94. The van der Waals surface area contributed by atoms with E-state index in [1.165, 1.54) is 31.3 Å². The molecule has 11 heteroatoms. The Morgan fingerprint density at radius 2 is 1.63 bits per heavy atom. The Morgan fingerprint density at radius 3 is 2.32 bits per heavy atom. The smallest absolute Gasteiger partial charge is 0.251 e. The van der Waals surface area contributed by atoms with Crippen molar-refractivity contribution in [3.05, 3.63) is 119 Å². The van der Waals surface area contributed by atoms with Gasteiger partial charge < -0.3 is 16.4 Å². The molecule has 0 aliphatic carbocycles. The minimum Gasteiger partial charge on any atom is -0.366 e. The van der Waals surface area contributed by atoms with Crippen LogP contribution in [0.3, 0.4) is 0 Å². The molecule has 4 aromatic rings. The molecule has 0 bridgehead atoms. The van der Waals surface area contributed by atoms with E-state index in [9.17, 15) is 31.9 Å². The Labute approximate surface area is 232 Å². The van der Waals surface area contributed by atoms with E-state index in [4.69, 9.17) is 5.73 Å². The fourth-order valence-electron chi connectivity index (χ4n) is 4.44. The molecule has 0 spiro atoms. The van der Waals surface area contributed by atoms with Crippen LogP contribution < -0.4 is 16.4 Å². The van der Waals surface area contributed by atoms with Gasteiger partial charge in [-0.1, -0.05) is 12.1 Å². The van der Waals surface area contributed by atoms with Crippen LogP contribution >= 0.6 is 0 Å². The van der Waals surface area contributed by atoms with Crippen molar-refractivity contribution in [1.82, 2.24) is 10.3 Å². The molecule has 0 aliphatic rings. The Hall–Kier alpha value is -5.06. The number of hydrogen-bond acceptors (Lipinski definition) is 4. The average Bonchev–Trinajstić information content (AvgIpc) is 2.89. The predicted octanol–water partition coefficient (Wildman–Crippen LogP) is 5.01. The summed E-state index contributed by atoms with van der Waals surface area (Å²) in [6.07, 6.45) is 0.964. The standard InChI is InChI=1S/C30H24F4N4O3/c1-16(39)37-26-7-5-20(31)12-19(26)14-28(40)38-27(11-17-9-21(32)15-22(33)10-17)29-23(3-2-8-36-29)18-4-6-25(34)24(13-18)30(35)41/h2-10,12-13,15,27H,11,14H2,1H3,(H2,35,41)(H,37,39)(H,38,40)/t27-/m0/s1. The third-order valence-electron chi connectivity index (χ3n) is 6.14. The van der Waals surface area contributed by atoms with Crippen LogP contribution in [-0.4, -0.2) is 22.7 Å². The van der Waals surface area contributed by atoms with Gasteiger partial charge in [0.1, 0.15) is 23.3 Å². The first-order valence-electron chi connectivity index (χ1n) is 12.3. The zero-order valence-electron chi connectivity index (χ0n) is 21.7. The molecule has 0 saturated heterocycles. The van der Waals surface area contributed by atoms with Crippen LogP contribution in [0.25, 0.3) is 11.1 Å². The summed E-state index contributed by atoms with van der Waals surface area (Å²) in [6.45, 7) is 1.27. The molecule has 41 heavy (non-hydrogen) atoms. The molecule has 0 fully saturated rings. The number of primary amides is 1. The second kappa shape index (κ2) is 12.4. The summed E-state index contributed by atoms with van der Waals surface area (Å²) in [7, 11) is 0. The monoisotopic (exact) mass is 564 g/mol. The van der Waals surface area contributed by atoms with Gasteiger partial charge in [-0.2, -0.15) is 0 Å². The lowest BCUT2D eigenvalue weighted by Gasteiger charge is -2.22. The molecule has 1 atom stereocenters. The van der Waals surface area contributed by atoms with Crippen LogP contribution in [-0.2, 0) is 22.4 Å². The fraction of sp³-hybridized carbons (Fsp3) is 0.133. The first-order valence-corrected chi connectivity index (χ1v) is 12.3. The maximum atomic E-state index is 14.2. The van der Waals surface area contributed by atoms with Crippen molar-refractivity contribution >= 4 is 23.4 Å². The molecule has 3 amide bonds. The number of halogens is 4. The van der Waals surface area contributed by atoms with Crippen molar-refractivity contribution in [3.63, 3.8) is 0 Å². The van der Waals surface area contributed by atoms with Crippen LogP contribution in [0.5, 0.6) is 0 Å². The molecule has 4 rings (SSSR count). The largest absolute Gasteiger partial charge is 0.366 e. The molecule has 7 nitrogen and oxygen atoms in total. The Balaban J connectivity index is 1.75. The van der Waals surface area contributed by atoms with Gasteiger partial charge in [0, 0.05) is 30.4 Å². The van der Waals surface area contributed by atoms with E-state index in [0.29, 0.717) is 17.2 Å². The van der Waals surface area contributed by atoms with E-state index >= 15 is 0 Å². The molecule has 1 aromatic heterocycles. The molecule has 0 saturated carbocycles. The van der Waals surface area contributed by atoms with Crippen LogP contribution in [0.1, 0.15) is 40.1 Å². The topological polar surface area (TPSA) is 114 Å². The molecule has 0 aliphatic heterocycles. The van der Waals surface area contributed by atoms with E-state index in [1.807, 2.05) is 0 Å². The van der Waals surface area contributed by atoms with Gasteiger partial charge in [0.25, 0.3) is 5.91 Å². The molecule has 4 N–H and O–H groups in total. The average molecular weight is 565 g/mol. The van der Waals surface area contributed by atoms with Gasteiger partial charge in [0.05, 0.1) is 23.7 Å². The van der Waals surface area contributed by atoms with Gasteiger partial charge in [-0.15, -0.1) is 0 Å². The number of carbonyl (C=O) groups is 3. The normalized spacial score (nSPS) is 11.5. The summed E-state index contributed by atoms with van der Waals surface area (Å²) in [5, 5.41) is 5.32. The van der Waals surface area contributed by atoms with Crippen molar-refractivity contribution in [2.24, 2.45) is 5.73 Å². The Kier molecular flexibility index (Phi) is 8.76. The number of anilines is 1. The minimum atomic E-state index is -0.986. The third kappa shape index (κ3) is 7.33. The maximum absolute atomic E-state index is 14.2. The third-order valence-corrected chi connectivity index (χ3v) is 6.14. The number of rotatable bonds is 9. The molecular weight excluding hydrogens is 540 g/mol. The molecule has 3 aromatic carbocycles. The first-order chi connectivity index (χ1) is 19.5. The van der Waals surface area contributed by atoms with Crippen molar-refractivity contribution in [3.8, 4) is 11.1 Å². The van der Waals surface area contributed by atoms with Gasteiger partial charge >= 0.3 is 0 Å². The molecule has 210 valence electrons. The van der Waals surface area contributed by atoms with Gasteiger partial charge in [0.15, 0.2) is 0 Å². The van der Waals surface area contributed by atoms with Crippen molar-refractivity contribution in [1.29, 1.82) is 0 Å². The van der Waals surface area contributed by atoms with E-state index in [-0.39, 0.29) is 40.9 Å². The summed E-state index contributed by atoms with van der Waals surface area (Å²) in [5.74, 6) is -5.11. The molecule has 0 unspecified atom stereocenters. The Morgan fingerprint density at radius 1 is 0.902 bits per heavy atom. The number of benzene rings is 3. The zero-order valence-corrected chi connectivity index (χ0v) is 21.7. The quantitative estimate of drug-likeness (QED) is 0.248. The van der Waals surface area contributed by atoms with Crippen molar-refractivity contribution in [2.45, 2.75) is 25.8 Å². The molecular formula is C30H24F4N4O3. The fourth-order valence-corrected chi connectivity index (χ4v) is 4.44. The lowest BCUT2D eigenvalue weighted by Crippen LogP contribution is -2.32. The summed E-state index contributed by atoms with van der Waals surface area (Å²) in [6, 6.07) is 12.4. The minimum absolute atomic E-state index is 0.115. The summed E-state index contributed by atoms with van der Waals surface area (Å²) in [4.78, 5) is 41.0. The SMILES string of the molecule is CC(=O)Nc1ccc(F)cc1CC(=O)N[C@@H](Cc1cc(F)cc(F)c1)c1ncccc1-c1ccc(F)c(C(N)=O)c1. The Bertz CT molecular complexity index is 1620. The van der Waals surface area contributed by atoms with Crippen molar-refractivity contribution in [2.75, 3.05) is 5.32 Å². The number of amides is 3. The van der Waals surface area contributed by atoms with Gasteiger partial charge in [-0.05, 0) is 71.6 Å². The highest BCUT2D eigenvalue weighted by Crippen LogP contribution is 2.30. The number of nitrogens with two attached hydrogens (primary N) is 1. The van der Waals surface area contributed by atoms with Crippen LogP contribution in [0.15, 0.2) is 72.9 Å². The number of nitrogens with one attached hydrogen (secondary N) is 2. The number of hydrogen-bond donors (Lipinski definition) is 3. The van der Waals surface area contributed by atoms with Crippen LogP contribution in [0.2, 0.25) is 0 Å². The molecule has 1 heterocycles. The van der Waals surface area contributed by atoms with Crippen molar-refractivity contribution < 1.29 is 31.9 Å². The first kappa shape index (κ1) is 28.9. The lowest BCUT2D eigenvalue weighted by molar-refractivity contribution is -0.121. The lowest BCUT2D eigenvalue weighted by atomic mass is 9.94. The number of nitrogens with zero attached hydrogens (tertiary/aromatic N) is 1. The number of pyridine rings is 1. The highest BCUT2D eigenvalue weighted by atomic mass is 19.1. The number of carbonyl (C=O) groups excluding carboxylic acids is 3. The van der Waals surface area contributed by atoms with Gasteiger partial charge in [-0.3, -0.25) is 19.4 Å². The second-order valence-corrected chi connectivity index (χ2v) is 9.26. The van der Waals surface area contributed by atoms with Crippen LogP contribution in [0.4, 0.5) is 23.2 Å². The highest BCUT2D eigenvalue weighted by Gasteiger charge is 2.23.